The molecule has 3 atom stereocenters. The normalized spacial score (nSPS) is 40.3. The molecule has 0 N–H and O–H groups in total. The summed E-state index contributed by atoms with van der Waals surface area (Å²) in [7, 11) is 0. The molecule has 0 heterocycles. The van der Waals surface area contributed by atoms with E-state index in [-0.39, 0.29) is 11.7 Å². The summed E-state index contributed by atoms with van der Waals surface area (Å²) in [5.41, 5.74) is 0. The van der Waals surface area contributed by atoms with Gasteiger partial charge in [0, 0.05) is 5.92 Å². The van der Waals surface area contributed by atoms with Crippen molar-refractivity contribution in [3.63, 3.8) is 0 Å². The van der Waals surface area contributed by atoms with Gasteiger partial charge in [0.05, 0.1) is 0 Å². The molecule has 10 heavy (non-hydrogen) atoms. The molecular formula is C9H14O. The van der Waals surface area contributed by atoms with Crippen LogP contribution in [-0.2, 0) is 4.79 Å². The Hall–Kier alpha value is -0.590. The summed E-state index contributed by atoms with van der Waals surface area (Å²) < 4.78 is 0. The first-order valence-electron chi connectivity index (χ1n) is 3.85. The van der Waals surface area contributed by atoms with Gasteiger partial charge in [0.2, 0.25) is 0 Å². The number of carbonyl (C=O) groups excluding carboxylic acids is 1. The van der Waals surface area contributed by atoms with Gasteiger partial charge in [-0.3, -0.25) is 4.79 Å². The number of ketones is 1. The third kappa shape index (κ3) is 1.13. The number of hydrogen-bond donors (Lipinski definition) is 0. The molecule has 0 aromatic carbocycles. The summed E-state index contributed by atoms with van der Waals surface area (Å²) in [6.45, 7) is 6.30. The Kier molecular flexibility index (Phi) is 1.93. The van der Waals surface area contributed by atoms with Crippen LogP contribution < -0.4 is 0 Å². The fraction of sp³-hybridized carbons (Fsp3) is 0.667. The smallest absolute Gasteiger partial charge is 0.158 e. The molecule has 1 aliphatic carbocycles. The van der Waals surface area contributed by atoms with Crippen molar-refractivity contribution in [3.8, 4) is 0 Å². The van der Waals surface area contributed by atoms with Gasteiger partial charge in [0.25, 0.3) is 0 Å². The highest BCUT2D eigenvalue weighted by Gasteiger charge is 2.25. The third-order valence-electron chi connectivity index (χ3n) is 2.63. The summed E-state index contributed by atoms with van der Waals surface area (Å²) in [5.74, 6) is 1.58. The topological polar surface area (TPSA) is 17.1 Å². The van der Waals surface area contributed by atoms with Gasteiger partial charge >= 0.3 is 0 Å². The van der Waals surface area contributed by atoms with Gasteiger partial charge < -0.3 is 0 Å². The first kappa shape index (κ1) is 7.52. The molecule has 0 amide bonds. The second kappa shape index (κ2) is 2.57. The van der Waals surface area contributed by atoms with Crippen molar-refractivity contribution in [1.82, 2.24) is 0 Å². The molecule has 1 aliphatic rings. The molecule has 56 valence electrons. The molecule has 3 unspecified atom stereocenters. The fourth-order valence-corrected chi connectivity index (χ4v) is 1.29. The number of hydrogen-bond acceptors (Lipinski definition) is 1. The zero-order chi connectivity index (χ0) is 7.72. The number of rotatable bonds is 0. The minimum absolute atomic E-state index is 0.222. The monoisotopic (exact) mass is 138 g/mol. The van der Waals surface area contributed by atoms with E-state index >= 15 is 0 Å². The average molecular weight is 138 g/mol. The highest BCUT2D eigenvalue weighted by molar-refractivity contribution is 5.92. The van der Waals surface area contributed by atoms with Crippen LogP contribution in [0.15, 0.2) is 12.2 Å². The summed E-state index contributed by atoms with van der Waals surface area (Å²) in [6.07, 6.45) is 3.72. The van der Waals surface area contributed by atoms with Crippen molar-refractivity contribution < 1.29 is 4.79 Å². The predicted molar refractivity (Wildman–Crippen MR) is 41.6 cm³/mol. The summed E-state index contributed by atoms with van der Waals surface area (Å²) in [5, 5.41) is 0. The summed E-state index contributed by atoms with van der Waals surface area (Å²) in [6, 6.07) is 0. The Balaban J connectivity index is 2.79. The van der Waals surface area contributed by atoms with E-state index < -0.39 is 0 Å². The standard InChI is InChI=1S/C9H14O/c1-6-4-5-9(10)8(3)7(6)2/h4-8H,1-3H3. The molecule has 0 saturated heterocycles. The quantitative estimate of drug-likeness (QED) is 0.500. The van der Waals surface area contributed by atoms with E-state index in [1.807, 2.05) is 13.0 Å². The first-order valence-corrected chi connectivity index (χ1v) is 3.85. The number of carbonyl (C=O) groups is 1. The Labute approximate surface area is 62.1 Å². The van der Waals surface area contributed by atoms with Crippen LogP contribution in [0.25, 0.3) is 0 Å². The zero-order valence-electron chi connectivity index (χ0n) is 6.79. The Morgan fingerprint density at radius 1 is 1.30 bits per heavy atom. The average Bonchev–Trinajstić information content (AvgIpc) is 1.93. The molecule has 0 saturated carbocycles. The van der Waals surface area contributed by atoms with E-state index in [2.05, 4.69) is 13.8 Å². The van der Waals surface area contributed by atoms with Crippen molar-refractivity contribution in [1.29, 1.82) is 0 Å². The minimum atomic E-state index is 0.222. The van der Waals surface area contributed by atoms with E-state index in [0.29, 0.717) is 11.8 Å². The Morgan fingerprint density at radius 3 is 2.40 bits per heavy atom. The van der Waals surface area contributed by atoms with Gasteiger partial charge in [-0.15, -0.1) is 0 Å². The van der Waals surface area contributed by atoms with Crippen LogP contribution in [-0.4, -0.2) is 5.78 Å². The van der Waals surface area contributed by atoms with E-state index in [9.17, 15) is 4.79 Å². The fourth-order valence-electron chi connectivity index (χ4n) is 1.29. The second-order valence-corrected chi connectivity index (χ2v) is 3.27. The summed E-state index contributed by atoms with van der Waals surface area (Å²) >= 11 is 0. The van der Waals surface area contributed by atoms with Crippen molar-refractivity contribution in [2.45, 2.75) is 20.8 Å². The Morgan fingerprint density at radius 2 is 1.90 bits per heavy atom. The second-order valence-electron chi connectivity index (χ2n) is 3.27. The van der Waals surface area contributed by atoms with Crippen LogP contribution in [0.1, 0.15) is 20.8 Å². The van der Waals surface area contributed by atoms with Gasteiger partial charge in [0.15, 0.2) is 5.78 Å². The SMILES string of the molecule is CC1C=CC(=O)C(C)C1C. The molecule has 0 radical (unpaired) electrons. The highest BCUT2D eigenvalue weighted by atomic mass is 16.1. The van der Waals surface area contributed by atoms with Crippen LogP contribution in [0.2, 0.25) is 0 Å². The van der Waals surface area contributed by atoms with Crippen LogP contribution >= 0.6 is 0 Å². The molecule has 0 aliphatic heterocycles. The lowest BCUT2D eigenvalue weighted by Gasteiger charge is -2.25. The molecule has 0 aromatic heterocycles. The van der Waals surface area contributed by atoms with E-state index in [0.717, 1.165) is 0 Å². The maximum Gasteiger partial charge on any atom is 0.158 e. The van der Waals surface area contributed by atoms with Crippen LogP contribution in [0.5, 0.6) is 0 Å². The molecule has 1 nitrogen and oxygen atoms in total. The van der Waals surface area contributed by atoms with Gasteiger partial charge in [-0.25, -0.2) is 0 Å². The minimum Gasteiger partial charge on any atom is -0.295 e. The third-order valence-corrected chi connectivity index (χ3v) is 2.63. The molecule has 0 aromatic rings. The van der Waals surface area contributed by atoms with Gasteiger partial charge in [0.1, 0.15) is 0 Å². The molecule has 0 bridgehead atoms. The number of allylic oxidation sites excluding steroid dienone is 2. The lowest BCUT2D eigenvalue weighted by Crippen LogP contribution is -2.25. The first-order chi connectivity index (χ1) is 4.63. The van der Waals surface area contributed by atoms with Crippen LogP contribution in [0.4, 0.5) is 0 Å². The van der Waals surface area contributed by atoms with Crippen molar-refractivity contribution in [2.24, 2.45) is 17.8 Å². The molecule has 0 spiro atoms. The van der Waals surface area contributed by atoms with Crippen molar-refractivity contribution in [2.75, 3.05) is 0 Å². The lowest BCUT2D eigenvalue weighted by atomic mass is 9.78. The predicted octanol–water partition coefficient (Wildman–Crippen LogP) is 2.03. The van der Waals surface area contributed by atoms with Crippen molar-refractivity contribution in [3.05, 3.63) is 12.2 Å². The summed E-state index contributed by atoms with van der Waals surface area (Å²) in [4.78, 5) is 11.1. The largest absolute Gasteiger partial charge is 0.295 e. The highest BCUT2D eigenvalue weighted by Crippen LogP contribution is 2.26. The molecule has 1 rings (SSSR count). The molecule has 0 fully saturated rings. The van der Waals surface area contributed by atoms with E-state index in [4.69, 9.17) is 0 Å². The molecule has 1 heteroatoms. The van der Waals surface area contributed by atoms with Gasteiger partial charge in [-0.2, -0.15) is 0 Å². The van der Waals surface area contributed by atoms with Gasteiger partial charge in [-0.05, 0) is 17.9 Å². The Bertz CT molecular complexity index is 170. The van der Waals surface area contributed by atoms with E-state index in [1.54, 1.807) is 6.08 Å². The molecular weight excluding hydrogens is 124 g/mol. The lowest BCUT2D eigenvalue weighted by molar-refractivity contribution is -0.120. The van der Waals surface area contributed by atoms with Crippen LogP contribution in [0.3, 0.4) is 0 Å². The van der Waals surface area contributed by atoms with Crippen molar-refractivity contribution >= 4 is 5.78 Å². The van der Waals surface area contributed by atoms with E-state index in [1.165, 1.54) is 0 Å². The zero-order valence-corrected chi connectivity index (χ0v) is 6.79. The maximum atomic E-state index is 11.1. The maximum absolute atomic E-state index is 11.1. The van der Waals surface area contributed by atoms with Gasteiger partial charge in [-0.1, -0.05) is 26.8 Å². The van der Waals surface area contributed by atoms with Crippen LogP contribution in [0, 0.1) is 17.8 Å².